The molecule has 0 atom stereocenters. The second-order valence-corrected chi connectivity index (χ2v) is 7.05. The topological polar surface area (TPSA) is 87.5 Å². The summed E-state index contributed by atoms with van der Waals surface area (Å²) in [6.07, 6.45) is 0. The fraction of sp³-hybridized carbons (Fsp3) is 0.300. The molecule has 6 heteroatoms. The zero-order chi connectivity index (χ0) is 19.2. The van der Waals surface area contributed by atoms with Crippen molar-refractivity contribution in [3.8, 4) is 0 Å². The van der Waals surface area contributed by atoms with E-state index in [2.05, 4.69) is 10.6 Å². The number of para-hydroxylation sites is 1. The highest BCUT2D eigenvalue weighted by atomic mass is 16.2. The Morgan fingerprint density at radius 2 is 1.50 bits per heavy atom. The number of carbonyl (C=O) groups excluding carboxylic acids is 2. The molecular formula is C20H26N4O2. The lowest BCUT2D eigenvalue weighted by Gasteiger charge is -2.29. The van der Waals surface area contributed by atoms with E-state index in [4.69, 9.17) is 5.73 Å². The third kappa shape index (κ3) is 5.60. The summed E-state index contributed by atoms with van der Waals surface area (Å²) >= 11 is 0. The summed E-state index contributed by atoms with van der Waals surface area (Å²) in [6.45, 7) is 5.12. The van der Waals surface area contributed by atoms with Gasteiger partial charge in [0.15, 0.2) is 0 Å². The van der Waals surface area contributed by atoms with E-state index in [-0.39, 0.29) is 17.4 Å². The maximum atomic E-state index is 12.5. The minimum Gasteiger partial charge on any atom is -0.341 e. The van der Waals surface area contributed by atoms with Crippen molar-refractivity contribution in [1.29, 1.82) is 0 Å². The predicted octanol–water partition coefficient (Wildman–Crippen LogP) is 3.39. The van der Waals surface area contributed by atoms with Gasteiger partial charge in [0, 0.05) is 30.5 Å². The number of carbonyl (C=O) groups is 2. The minimum atomic E-state index is -0.336. The molecule has 3 amide bonds. The molecule has 0 saturated heterocycles. The molecule has 0 aromatic heterocycles. The Morgan fingerprint density at radius 3 is 2.04 bits per heavy atom. The molecule has 0 aliphatic heterocycles. The normalized spacial score (nSPS) is 10.9. The number of rotatable bonds is 6. The van der Waals surface area contributed by atoms with Gasteiger partial charge in [0.05, 0.1) is 0 Å². The molecule has 0 fully saturated rings. The van der Waals surface area contributed by atoms with E-state index in [9.17, 15) is 9.59 Å². The van der Waals surface area contributed by atoms with E-state index >= 15 is 0 Å². The molecule has 2 aromatic carbocycles. The van der Waals surface area contributed by atoms with Gasteiger partial charge in [0.25, 0.3) is 5.91 Å². The smallest absolute Gasteiger partial charge is 0.323 e. The van der Waals surface area contributed by atoms with Gasteiger partial charge in [0.1, 0.15) is 0 Å². The second-order valence-electron chi connectivity index (χ2n) is 7.05. The van der Waals surface area contributed by atoms with Gasteiger partial charge in [-0.3, -0.25) is 4.79 Å². The molecule has 2 aromatic rings. The van der Waals surface area contributed by atoms with Crippen LogP contribution in [0.5, 0.6) is 0 Å². The van der Waals surface area contributed by atoms with E-state index in [1.807, 2.05) is 32.0 Å². The number of nitrogens with zero attached hydrogens (tertiary/aromatic N) is 1. The molecule has 0 radical (unpaired) electrons. The van der Waals surface area contributed by atoms with Gasteiger partial charge in [0.2, 0.25) is 0 Å². The first-order valence-corrected chi connectivity index (χ1v) is 8.49. The highest BCUT2D eigenvalue weighted by Gasteiger charge is 2.21. The van der Waals surface area contributed by atoms with Crippen LogP contribution >= 0.6 is 0 Å². The van der Waals surface area contributed by atoms with Crippen molar-refractivity contribution < 1.29 is 9.59 Å². The Balaban J connectivity index is 1.95. The van der Waals surface area contributed by atoms with Crippen molar-refractivity contribution in [1.82, 2.24) is 4.90 Å². The summed E-state index contributed by atoms with van der Waals surface area (Å²) in [5.41, 5.74) is 7.48. The molecule has 0 saturated carbocycles. The van der Waals surface area contributed by atoms with E-state index in [1.54, 1.807) is 48.3 Å². The molecule has 4 N–H and O–H groups in total. The summed E-state index contributed by atoms with van der Waals surface area (Å²) < 4.78 is 0. The number of urea groups is 1. The van der Waals surface area contributed by atoms with Crippen LogP contribution in [0.25, 0.3) is 0 Å². The summed E-state index contributed by atoms with van der Waals surface area (Å²) in [7, 11) is 1.76. The van der Waals surface area contributed by atoms with Crippen molar-refractivity contribution in [2.45, 2.75) is 13.8 Å². The van der Waals surface area contributed by atoms with Crippen LogP contribution in [-0.4, -0.2) is 37.0 Å². The fourth-order valence-corrected chi connectivity index (χ4v) is 2.51. The van der Waals surface area contributed by atoms with Crippen LogP contribution in [0.2, 0.25) is 0 Å². The van der Waals surface area contributed by atoms with Crippen molar-refractivity contribution in [3.05, 3.63) is 60.2 Å². The molecule has 0 heterocycles. The van der Waals surface area contributed by atoms with E-state index < -0.39 is 0 Å². The number of hydrogen-bond acceptors (Lipinski definition) is 3. The molecule has 0 aliphatic rings. The van der Waals surface area contributed by atoms with Crippen LogP contribution in [0.3, 0.4) is 0 Å². The Kier molecular flexibility index (Phi) is 6.36. The summed E-state index contributed by atoms with van der Waals surface area (Å²) in [4.78, 5) is 26.2. The molecule has 0 spiro atoms. The van der Waals surface area contributed by atoms with Crippen LogP contribution < -0.4 is 16.4 Å². The molecule has 0 aliphatic carbocycles. The zero-order valence-corrected chi connectivity index (χ0v) is 15.5. The van der Waals surface area contributed by atoms with Gasteiger partial charge < -0.3 is 21.3 Å². The first-order valence-electron chi connectivity index (χ1n) is 8.49. The Morgan fingerprint density at radius 1 is 0.962 bits per heavy atom. The van der Waals surface area contributed by atoms with Crippen molar-refractivity contribution in [3.63, 3.8) is 0 Å². The Labute approximate surface area is 154 Å². The number of amides is 3. The average molecular weight is 354 g/mol. The van der Waals surface area contributed by atoms with Gasteiger partial charge in [-0.05, 0) is 48.4 Å². The third-order valence-electron chi connectivity index (χ3n) is 3.99. The maximum Gasteiger partial charge on any atom is 0.323 e. The minimum absolute atomic E-state index is 0.0770. The predicted molar refractivity (Wildman–Crippen MR) is 105 cm³/mol. The summed E-state index contributed by atoms with van der Waals surface area (Å²) in [5, 5.41) is 5.48. The largest absolute Gasteiger partial charge is 0.341 e. The summed E-state index contributed by atoms with van der Waals surface area (Å²) in [6, 6.07) is 15.7. The van der Waals surface area contributed by atoms with E-state index in [1.165, 1.54) is 0 Å². The molecule has 0 bridgehead atoms. The highest BCUT2D eigenvalue weighted by Crippen LogP contribution is 2.17. The quantitative estimate of drug-likeness (QED) is 0.743. The molecule has 6 nitrogen and oxygen atoms in total. The van der Waals surface area contributed by atoms with Crippen LogP contribution in [0.1, 0.15) is 24.2 Å². The lowest BCUT2D eigenvalue weighted by Crippen LogP contribution is -2.39. The standard InChI is InChI=1S/C20H26N4O2/c1-20(2,13-21)14-24(3)18(25)15-9-11-17(12-10-15)23-19(26)22-16-7-5-4-6-8-16/h4-12H,13-14,21H2,1-3H3,(H2,22,23,26). The number of benzene rings is 2. The Bertz CT molecular complexity index is 742. The SMILES string of the molecule is CN(CC(C)(C)CN)C(=O)c1ccc(NC(=O)Nc2ccccc2)cc1. The molecular weight excluding hydrogens is 328 g/mol. The van der Waals surface area contributed by atoms with Crippen LogP contribution in [0, 0.1) is 5.41 Å². The maximum absolute atomic E-state index is 12.5. The first-order chi connectivity index (χ1) is 12.3. The molecule has 26 heavy (non-hydrogen) atoms. The van der Waals surface area contributed by atoms with Gasteiger partial charge in [-0.25, -0.2) is 4.79 Å². The van der Waals surface area contributed by atoms with E-state index in [0.717, 1.165) is 0 Å². The molecule has 2 rings (SSSR count). The van der Waals surface area contributed by atoms with Crippen LogP contribution in [0.4, 0.5) is 16.2 Å². The van der Waals surface area contributed by atoms with Gasteiger partial charge in [-0.2, -0.15) is 0 Å². The lowest BCUT2D eigenvalue weighted by atomic mass is 9.93. The van der Waals surface area contributed by atoms with Crippen molar-refractivity contribution >= 4 is 23.3 Å². The van der Waals surface area contributed by atoms with Gasteiger partial charge >= 0.3 is 6.03 Å². The van der Waals surface area contributed by atoms with Crippen molar-refractivity contribution in [2.75, 3.05) is 30.8 Å². The van der Waals surface area contributed by atoms with Gasteiger partial charge in [-0.15, -0.1) is 0 Å². The number of nitrogens with two attached hydrogens (primary N) is 1. The number of anilines is 2. The van der Waals surface area contributed by atoms with Crippen LogP contribution in [0.15, 0.2) is 54.6 Å². The fourth-order valence-electron chi connectivity index (χ4n) is 2.51. The molecule has 138 valence electrons. The Hall–Kier alpha value is -2.86. The average Bonchev–Trinajstić information content (AvgIpc) is 2.62. The van der Waals surface area contributed by atoms with Crippen LogP contribution in [-0.2, 0) is 0 Å². The zero-order valence-electron chi connectivity index (χ0n) is 15.5. The lowest BCUT2D eigenvalue weighted by molar-refractivity contribution is 0.0740. The first kappa shape index (κ1) is 19.5. The number of nitrogens with one attached hydrogen (secondary N) is 2. The van der Waals surface area contributed by atoms with E-state index in [0.29, 0.717) is 30.0 Å². The monoisotopic (exact) mass is 354 g/mol. The second kappa shape index (κ2) is 8.49. The number of hydrogen-bond donors (Lipinski definition) is 3. The van der Waals surface area contributed by atoms with Gasteiger partial charge in [-0.1, -0.05) is 32.0 Å². The van der Waals surface area contributed by atoms with Crippen molar-refractivity contribution in [2.24, 2.45) is 11.1 Å². The molecule has 0 unspecified atom stereocenters. The summed E-state index contributed by atoms with van der Waals surface area (Å²) in [5.74, 6) is -0.0770. The highest BCUT2D eigenvalue weighted by molar-refractivity contribution is 6.00. The third-order valence-corrected chi connectivity index (χ3v) is 3.99.